The van der Waals surface area contributed by atoms with Gasteiger partial charge >= 0.3 is 5.69 Å². The number of carbonyl (C=O) groups is 1. The molecule has 1 N–H and O–H groups in total. The minimum Gasteiger partial charge on any atom is -0.300 e. The number of nitrogens with zero attached hydrogens (tertiary/aromatic N) is 2. The van der Waals surface area contributed by atoms with Crippen LogP contribution in [0.5, 0.6) is 0 Å². The second kappa shape index (κ2) is 4.22. The molecule has 1 aromatic rings. The number of H-pyrrole nitrogens is 1. The van der Waals surface area contributed by atoms with Crippen LogP contribution in [0.15, 0.2) is 9.95 Å². The van der Waals surface area contributed by atoms with Crippen molar-refractivity contribution in [3.8, 4) is 0 Å². The summed E-state index contributed by atoms with van der Waals surface area (Å²) in [6, 6.07) is 0.330. The largest absolute Gasteiger partial charge is 0.344 e. The molecular weight excluding hydrogens is 214 g/mol. The van der Waals surface area contributed by atoms with Crippen molar-refractivity contribution in [2.75, 3.05) is 5.75 Å². The molecule has 0 bridgehead atoms. The molecule has 0 unspecified atom stereocenters. The van der Waals surface area contributed by atoms with Crippen LogP contribution in [0.3, 0.4) is 0 Å². The van der Waals surface area contributed by atoms with Crippen molar-refractivity contribution in [1.82, 2.24) is 14.8 Å². The van der Waals surface area contributed by atoms with Gasteiger partial charge in [0.25, 0.3) is 0 Å². The molecule has 0 radical (unpaired) electrons. The van der Waals surface area contributed by atoms with Crippen LogP contribution in [0.4, 0.5) is 0 Å². The van der Waals surface area contributed by atoms with Crippen LogP contribution >= 0.6 is 11.8 Å². The summed E-state index contributed by atoms with van der Waals surface area (Å²) in [5, 5.41) is 7.11. The van der Waals surface area contributed by atoms with Crippen molar-refractivity contribution in [3.63, 3.8) is 0 Å². The molecule has 0 saturated heterocycles. The number of aromatic amines is 1. The highest BCUT2D eigenvalue weighted by molar-refractivity contribution is 7.99. The van der Waals surface area contributed by atoms with E-state index in [0.29, 0.717) is 23.4 Å². The Morgan fingerprint density at radius 1 is 1.67 bits per heavy atom. The van der Waals surface area contributed by atoms with Gasteiger partial charge in [0, 0.05) is 18.2 Å². The monoisotopic (exact) mass is 227 g/mol. The molecule has 5 nitrogen and oxygen atoms in total. The number of hydrogen-bond acceptors (Lipinski definition) is 4. The Bertz CT molecular complexity index is 419. The number of carbonyl (C=O) groups excluding carboxylic acids is 1. The summed E-state index contributed by atoms with van der Waals surface area (Å²) in [4.78, 5) is 22.1. The zero-order chi connectivity index (χ0) is 10.8. The first-order chi connectivity index (χ1) is 7.18. The second-order valence-corrected chi connectivity index (χ2v) is 4.78. The highest BCUT2D eigenvalue weighted by Gasteiger charge is 2.28. The van der Waals surface area contributed by atoms with Gasteiger partial charge in [-0.15, -0.1) is 5.10 Å². The van der Waals surface area contributed by atoms with Crippen LogP contribution in [0, 0.1) is 0 Å². The van der Waals surface area contributed by atoms with Gasteiger partial charge < -0.3 is 0 Å². The van der Waals surface area contributed by atoms with E-state index in [-0.39, 0.29) is 11.5 Å². The standard InChI is InChI=1S/C9H13N3O2S/c1-6(13)4-5-15-9-11-10-8(14)12(9)7-2-3-7/h7H,2-5H2,1H3,(H,10,14). The lowest BCUT2D eigenvalue weighted by Gasteiger charge is -2.01. The smallest absolute Gasteiger partial charge is 0.300 e. The van der Waals surface area contributed by atoms with E-state index in [1.165, 1.54) is 11.8 Å². The minimum absolute atomic E-state index is 0.136. The van der Waals surface area contributed by atoms with Gasteiger partial charge in [-0.2, -0.15) is 0 Å². The van der Waals surface area contributed by atoms with E-state index >= 15 is 0 Å². The molecule has 82 valence electrons. The van der Waals surface area contributed by atoms with Gasteiger partial charge in [0.05, 0.1) is 0 Å². The van der Waals surface area contributed by atoms with E-state index in [9.17, 15) is 9.59 Å². The molecule has 1 aliphatic carbocycles. The van der Waals surface area contributed by atoms with Gasteiger partial charge in [0.15, 0.2) is 5.16 Å². The molecule has 15 heavy (non-hydrogen) atoms. The van der Waals surface area contributed by atoms with Crippen LogP contribution in [0.2, 0.25) is 0 Å². The van der Waals surface area contributed by atoms with Crippen LogP contribution in [-0.2, 0) is 4.79 Å². The van der Waals surface area contributed by atoms with Gasteiger partial charge in [0.1, 0.15) is 5.78 Å². The maximum Gasteiger partial charge on any atom is 0.344 e. The van der Waals surface area contributed by atoms with Gasteiger partial charge in [-0.25, -0.2) is 9.89 Å². The molecule has 1 heterocycles. The van der Waals surface area contributed by atoms with Crippen LogP contribution in [0.1, 0.15) is 32.2 Å². The number of thioether (sulfide) groups is 1. The summed E-state index contributed by atoms with van der Waals surface area (Å²) in [6.45, 7) is 1.57. The predicted octanol–water partition coefficient (Wildman–Crippen LogP) is 0.977. The summed E-state index contributed by atoms with van der Waals surface area (Å²) in [5.74, 6) is 0.852. The van der Waals surface area contributed by atoms with Crippen molar-refractivity contribution >= 4 is 17.5 Å². The number of ketones is 1. The van der Waals surface area contributed by atoms with Crippen LogP contribution in [0.25, 0.3) is 0 Å². The Kier molecular flexibility index (Phi) is 2.95. The van der Waals surface area contributed by atoms with E-state index in [4.69, 9.17) is 0 Å². The van der Waals surface area contributed by atoms with E-state index in [1.807, 2.05) is 0 Å². The molecule has 0 aliphatic heterocycles. The molecule has 1 saturated carbocycles. The Labute approximate surface area is 91.3 Å². The Hall–Kier alpha value is -1.04. The van der Waals surface area contributed by atoms with Gasteiger partial charge in [-0.1, -0.05) is 11.8 Å². The summed E-state index contributed by atoms with van der Waals surface area (Å²) < 4.78 is 1.70. The van der Waals surface area contributed by atoms with E-state index in [2.05, 4.69) is 10.2 Å². The van der Waals surface area contributed by atoms with Gasteiger partial charge in [-0.05, 0) is 19.8 Å². The van der Waals surface area contributed by atoms with E-state index in [0.717, 1.165) is 12.8 Å². The van der Waals surface area contributed by atoms with Crippen molar-refractivity contribution in [3.05, 3.63) is 10.5 Å². The maximum absolute atomic E-state index is 11.4. The van der Waals surface area contributed by atoms with E-state index in [1.54, 1.807) is 11.5 Å². The van der Waals surface area contributed by atoms with Gasteiger partial charge in [-0.3, -0.25) is 9.36 Å². The quantitative estimate of drug-likeness (QED) is 0.761. The van der Waals surface area contributed by atoms with Crippen LogP contribution < -0.4 is 5.69 Å². The molecule has 0 atom stereocenters. The highest BCUT2D eigenvalue weighted by Crippen LogP contribution is 2.35. The van der Waals surface area contributed by atoms with Gasteiger partial charge in [0.2, 0.25) is 0 Å². The van der Waals surface area contributed by atoms with Crippen molar-refractivity contribution < 1.29 is 4.79 Å². The molecule has 1 aliphatic rings. The average molecular weight is 227 g/mol. The van der Waals surface area contributed by atoms with Crippen molar-refractivity contribution in [2.24, 2.45) is 0 Å². The van der Waals surface area contributed by atoms with Crippen LogP contribution in [-0.4, -0.2) is 26.3 Å². The number of nitrogens with one attached hydrogen (secondary N) is 1. The summed E-state index contributed by atoms with van der Waals surface area (Å²) >= 11 is 1.46. The average Bonchev–Trinajstić information content (AvgIpc) is 2.92. The molecule has 0 aromatic carbocycles. The normalized spacial score (nSPS) is 15.5. The fraction of sp³-hybridized carbons (Fsp3) is 0.667. The fourth-order valence-corrected chi connectivity index (χ4v) is 2.39. The summed E-state index contributed by atoms with van der Waals surface area (Å²) in [5.41, 5.74) is -0.136. The zero-order valence-corrected chi connectivity index (χ0v) is 9.34. The minimum atomic E-state index is -0.136. The molecule has 0 amide bonds. The second-order valence-electron chi connectivity index (χ2n) is 3.71. The fourth-order valence-electron chi connectivity index (χ4n) is 1.33. The molecule has 0 spiro atoms. The first-order valence-corrected chi connectivity index (χ1v) is 5.96. The lowest BCUT2D eigenvalue weighted by Crippen LogP contribution is -2.16. The number of hydrogen-bond donors (Lipinski definition) is 1. The molecule has 1 aromatic heterocycles. The molecule has 2 rings (SSSR count). The number of aromatic nitrogens is 3. The third-order valence-electron chi connectivity index (χ3n) is 2.27. The summed E-state index contributed by atoms with van der Waals surface area (Å²) in [6.07, 6.45) is 2.63. The third kappa shape index (κ3) is 2.50. The Morgan fingerprint density at radius 3 is 3.00 bits per heavy atom. The van der Waals surface area contributed by atoms with Crippen molar-refractivity contribution in [1.29, 1.82) is 0 Å². The Morgan fingerprint density at radius 2 is 2.40 bits per heavy atom. The SMILES string of the molecule is CC(=O)CCSc1n[nH]c(=O)n1C1CC1. The third-order valence-corrected chi connectivity index (χ3v) is 3.22. The Balaban J connectivity index is 2.01. The topological polar surface area (TPSA) is 67.8 Å². The molecule has 1 fully saturated rings. The maximum atomic E-state index is 11.4. The molecular formula is C9H13N3O2S. The first-order valence-electron chi connectivity index (χ1n) is 4.97. The number of rotatable bonds is 5. The number of Topliss-reactive ketones (excluding diaryl/α,β-unsaturated/α-hetero) is 1. The van der Waals surface area contributed by atoms with E-state index < -0.39 is 0 Å². The predicted molar refractivity (Wildman–Crippen MR) is 57.1 cm³/mol. The lowest BCUT2D eigenvalue weighted by molar-refractivity contribution is -0.116. The molecule has 6 heteroatoms. The highest BCUT2D eigenvalue weighted by atomic mass is 32.2. The zero-order valence-electron chi connectivity index (χ0n) is 8.52. The first kappa shape index (κ1) is 10.5. The lowest BCUT2D eigenvalue weighted by atomic mass is 10.4. The van der Waals surface area contributed by atoms with Crippen molar-refractivity contribution in [2.45, 2.75) is 37.4 Å². The summed E-state index contributed by atoms with van der Waals surface area (Å²) in [7, 11) is 0.